The van der Waals surface area contributed by atoms with Crippen molar-refractivity contribution in [2.45, 2.75) is 38.0 Å². The fourth-order valence-corrected chi connectivity index (χ4v) is 6.29. The summed E-state index contributed by atoms with van der Waals surface area (Å²) in [5, 5.41) is 0. The summed E-state index contributed by atoms with van der Waals surface area (Å²) in [6.45, 7) is 0. The fourth-order valence-electron chi connectivity index (χ4n) is 6.29. The van der Waals surface area contributed by atoms with Gasteiger partial charge in [-0.25, -0.2) is 0 Å². The Morgan fingerprint density at radius 1 is 0.786 bits per heavy atom. The lowest BCUT2D eigenvalue weighted by atomic mass is 9.51. The number of hydrogen-bond donors (Lipinski definition) is 0. The van der Waals surface area contributed by atoms with Crippen molar-refractivity contribution >= 4 is 5.91 Å². The van der Waals surface area contributed by atoms with E-state index < -0.39 is 0 Å². The lowest BCUT2D eigenvalue weighted by Crippen LogP contribution is -2.43. The topological polar surface area (TPSA) is 29.5 Å². The molecule has 0 atom stereocenters. The third-order valence-corrected chi connectivity index (χ3v) is 7.23. The summed E-state index contributed by atoms with van der Waals surface area (Å²) in [5.41, 5.74) is 2.18. The second-order valence-electron chi connectivity index (χ2n) is 9.35. The van der Waals surface area contributed by atoms with Crippen LogP contribution in [-0.2, 0) is 0 Å². The van der Waals surface area contributed by atoms with Crippen LogP contribution in [0.2, 0.25) is 0 Å². The molecule has 4 fully saturated rings. The van der Waals surface area contributed by atoms with Gasteiger partial charge in [0.25, 0.3) is 5.91 Å². The minimum Gasteiger partial charge on any atom is -0.457 e. The van der Waals surface area contributed by atoms with Crippen LogP contribution >= 0.6 is 0 Å². The molecule has 4 bridgehead atoms. The van der Waals surface area contributed by atoms with Crippen LogP contribution in [0.15, 0.2) is 48.5 Å². The van der Waals surface area contributed by atoms with Crippen molar-refractivity contribution in [2.24, 2.45) is 23.7 Å². The summed E-state index contributed by atoms with van der Waals surface area (Å²) < 4.78 is 6.01. The summed E-state index contributed by atoms with van der Waals surface area (Å²) in [5.74, 6) is 6.24. The van der Waals surface area contributed by atoms with Gasteiger partial charge in [-0.3, -0.25) is 4.79 Å². The molecule has 4 saturated carbocycles. The van der Waals surface area contributed by atoms with Crippen molar-refractivity contribution in [3.05, 3.63) is 59.7 Å². The van der Waals surface area contributed by atoms with Gasteiger partial charge < -0.3 is 9.64 Å². The molecule has 0 heterocycles. The number of nitrogens with zero attached hydrogens (tertiary/aromatic N) is 1. The van der Waals surface area contributed by atoms with E-state index >= 15 is 0 Å². The lowest BCUT2D eigenvalue weighted by Gasteiger charge is -2.54. The fraction of sp³-hybridized carbons (Fsp3) is 0.480. The number of hydrogen-bond acceptors (Lipinski definition) is 2. The molecule has 2 aromatic rings. The van der Waals surface area contributed by atoms with Gasteiger partial charge in [-0.15, -0.1) is 0 Å². The highest BCUT2D eigenvalue weighted by molar-refractivity contribution is 5.93. The first-order chi connectivity index (χ1) is 13.6. The van der Waals surface area contributed by atoms with Gasteiger partial charge in [0.05, 0.1) is 0 Å². The molecular weight excluding hydrogens is 346 g/mol. The zero-order valence-electron chi connectivity index (χ0n) is 16.8. The Labute approximate surface area is 167 Å². The highest BCUT2D eigenvalue weighted by Gasteiger charge is 2.48. The molecule has 0 spiro atoms. The number of rotatable bonds is 4. The predicted octanol–water partition coefficient (Wildman–Crippen LogP) is 5.72. The van der Waals surface area contributed by atoms with Crippen LogP contribution in [-0.4, -0.2) is 24.9 Å². The zero-order chi connectivity index (χ0) is 19.3. The van der Waals surface area contributed by atoms with E-state index in [1.807, 2.05) is 24.3 Å². The molecule has 2 aromatic carbocycles. The van der Waals surface area contributed by atoms with E-state index in [1.165, 1.54) is 37.7 Å². The molecule has 3 nitrogen and oxygen atoms in total. The third kappa shape index (κ3) is 3.21. The van der Waals surface area contributed by atoms with E-state index in [9.17, 15) is 4.79 Å². The molecule has 3 heteroatoms. The van der Waals surface area contributed by atoms with E-state index in [2.05, 4.69) is 24.3 Å². The van der Waals surface area contributed by atoms with Crippen molar-refractivity contribution in [1.29, 1.82) is 0 Å². The maximum atomic E-state index is 12.0. The molecule has 0 aromatic heterocycles. The number of carbonyl (C=O) groups is 1. The summed E-state index contributed by atoms with van der Waals surface area (Å²) >= 11 is 0. The Kier molecular flexibility index (Phi) is 4.41. The van der Waals surface area contributed by atoms with Gasteiger partial charge in [0.2, 0.25) is 0 Å². The summed E-state index contributed by atoms with van der Waals surface area (Å²) in [6.07, 6.45) is 7.31. The Morgan fingerprint density at radius 3 is 1.79 bits per heavy atom. The third-order valence-electron chi connectivity index (χ3n) is 7.23. The second kappa shape index (κ2) is 6.95. The molecule has 0 aliphatic heterocycles. The molecular formula is C25H29NO2. The Hall–Kier alpha value is -2.29. The van der Waals surface area contributed by atoms with Gasteiger partial charge in [0.15, 0.2) is 0 Å². The average Bonchev–Trinajstić information content (AvgIpc) is 2.68. The van der Waals surface area contributed by atoms with Gasteiger partial charge in [-0.2, -0.15) is 0 Å². The first-order valence-corrected chi connectivity index (χ1v) is 10.7. The lowest BCUT2D eigenvalue weighted by molar-refractivity contribution is -0.00279. The standard InChI is InChI=1S/C25H29NO2/c1-26(2)25(27)19-5-9-23(10-6-19)28-22-7-3-18(4-8-22)24-20-12-16-11-17(14-20)15-21(24)13-16/h3-10,16-17,20-21,24H,11-15H2,1-2H3/t16-,17+,20-,21+,24?. The van der Waals surface area contributed by atoms with Gasteiger partial charge in [0, 0.05) is 19.7 Å². The smallest absolute Gasteiger partial charge is 0.253 e. The van der Waals surface area contributed by atoms with E-state index in [-0.39, 0.29) is 5.91 Å². The van der Waals surface area contributed by atoms with Crippen LogP contribution in [0.1, 0.15) is 53.9 Å². The monoisotopic (exact) mass is 375 g/mol. The number of amides is 1. The molecule has 146 valence electrons. The van der Waals surface area contributed by atoms with Gasteiger partial charge in [-0.05, 0) is 104 Å². The quantitative estimate of drug-likeness (QED) is 0.684. The molecule has 28 heavy (non-hydrogen) atoms. The van der Waals surface area contributed by atoms with Crippen LogP contribution in [0.25, 0.3) is 0 Å². The summed E-state index contributed by atoms with van der Waals surface area (Å²) in [6, 6.07) is 16.2. The van der Waals surface area contributed by atoms with Crippen LogP contribution in [0.4, 0.5) is 0 Å². The van der Waals surface area contributed by atoms with Crippen molar-refractivity contribution in [2.75, 3.05) is 14.1 Å². The largest absolute Gasteiger partial charge is 0.457 e. The van der Waals surface area contributed by atoms with Crippen molar-refractivity contribution in [1.82, 2.24) is 4.90 Å². The highest BCUT2D eigenvalue weighted by Crippen LogP contribution is 2.59. The number of ether oxygens (including phenoxy) is 1. The number of carbonyl (C=O) groups excluding carboxylic acids is 1. The van der Waals surface area contributed by atoms with Crippen LogP contribution < -0.4 is 4.74 Å². The minimum atomic E-state index is 0.00608. The maximum Gasteiger partial charge on any atom is 0.253 e. The first kappa shape index (κ1) is 17.8. The van der Waals surface area contributed by atoms with E-state index in [4.69, 9.17) is 4.74 Å². The first-order valence-electron chi connectivity index (χ1n) is 10.7. The van der Waals surface area contributed by atoms with Crippen LogP contribution in [0, 0.1) is 23.7 Å². The molecule has 0 saturated heterocycles. The SMILES string of the molecule is CN(C)C(=O)c1ccc(Oc2ccc(C3[C@H]4C[C@@H]5C[C@@H](C[C@H]3C5)C4)cc2)cc1. The normalized spacial score (nSPS) is 30.3. The molecule has 0 radical (unpaired) electrons. The zero-order valence-corrected chi connectivity index (χ0v) is 16.8. The van der Waals surface area contributed by atoms with Gasteiger partial charge >= 0.3 is 0 Å². The van der Waals surface area contributed by atoms with Gasteiger partial charge in [-0.1, -0.05) is 12.1 Å². The molecule has 4 aliphatic rings. The minimum absolute atomic E-state index is 0.00608. The average molecular weight is 376 g/mol. The molecule has 6 rings (SSSR count). The molecule has 1 amide bonds. The molecule has 4 aliphatic carbocycles. The van der Waals surface area contributed by atoms with Crippen molar-refractivity contribution < 1.29 is 9.53 Å². The second-order valence-corrected chi connectivity index (χ2v) is 9.35. The Bertz CT molecular complexity index is 825. The van der Waals surface area contributed by atoms with Crippen molar-refractivity contribution in [3.8, 4) is 11.5 Å². The van der Waals surface area contributed by atoms with Crippen LogP contribution in [0.5, 0.6) is 11.5 Å². The van der Waals surface area contributed by atoms with Crippen molar-refractivity contribution in [3.63, 3.8) is 0 Å². The summed E-state index contributed by atoms with van der Waals surface area (Å²) in [4.78, 5) is 13.6. The van der Waals surface area contributed by atoms with Gasteiger partial charge in [0.1, 0.15) is 11.5 Å². The predicted molar refractivity (Wildman–Crippen MR) is 111 cm³/mol. The maximum absolute atomic E-state index is 12.0. The highest BCUT2D eigenvalue weighted by atomic mass is 16.5. The Balaban J connectivity index is 1.28. The number of benzene rings is 2. The molecule has 0 N–H and O–H groups in total. The molecule has 0 unspecified atom stereocenters. The van der Waals surface area contributed by atoms with E-state index in [0.717, 1.165) is 41.1 Å². The Morgan fingerprint density at radius 2 is 1.29 bits per heavy atom. The van der Waals surface area contributed by atoms with E-state index in [0.29, 0.717) is 5.56 Å². The summed E-state index contributed by atoms with van der Waals surface area (Å²) in [7, 11) is 3.52. The van der Waals surface area contributed by atoms with Crippen LogP contribution in [0.3, 0.4) is 0 Å². The van der Waals surface area contributed by atoms with E-state index in [1.54, 1.807) is 19.0 Å².